The molecule has 0 amide bonds. The van der Waals surface area contributed by atoms with Crippen molar-refractivity contribution >= 4 is 23.3 Å². The first-order valence-electron chi connectivity index (χ1n) is 6.46. The Labute approximate surface area is 114 Å². The minimum Gasteiger partial charge on any atom is -0.317 e. The van der Waals surface area contributed by atoms with E-state index in [0.29, 0.717) is 0 Å². The molecule has 0 aliphatic carbocycles. The summed E-state index contributed by atoms with van der Waals surface area (Å²) in [7, 11) is 0. The Kier molecular flexibility index (Phi) is 4.56. The van der Waals surface area contributed by atoms with E-state index in [4.69, 9.17) is 0 Å². The van der Waals surface area contributed by atoms with E-state index in [2.05, 4.69) is 34.6 Å². The molecular weight excluding hydrogens is 244 g/mol. The second kappa shape index (κ2) is 6.17. The van der Waals surface area contributed by atoms with Crippen molar-refractivity contribution in [1.29, 1.82) is 0 Å². The summed E-state index contributed by atoms with van der Waals surface area (Å²) in [6.45, 7) is 2.36. The van der Waals surface area contributed by atoms with Gasteiger partial charge in [-0.3, -0.25) is 4.98 Å². The third kappa shape index (κ3) is 3.01. The van der Waals surface area contributed by atoms with Crippen LogP contribution in [0.25, 0.3) is 10.9 Å². The van der Waals surface area contributed by atoms with E-state index in [1.54, 1.807) is 0 Å². The highest BCUT2D eigenvalue weighted by molar-refractivity contribution is 5.85. The number of rotatable bonds is 2. The van der Waals surface area contributed by atoms with Crippen LogP contribution in [0.1, 0.15) is 18.4 Å². The minimum atomic E-state index is 0. The van der Waals surface area contributed by atoms with Crippen LogP contribution in [0.15, 0.2) is 36.5 Å². The molecule has 1 aromatic heterocycles. The lowest BCUT2D eigenvalue weighted by Gasteiger charge is -2.22. The van der Waals surface area contributed by atoms with E-state index >= 15 is 0 Å². The second-order valence-electron chi connectivity index (χ2n) is 4.93. The standard InChI is InChI=1S/C15H18N2.ClH/c1-2-14-11-13(3-4-15(14)17-7-1)10-12-5-8-16-9-6-12;/h1-4,7,11-12,16H,5-6,8-10H2;1H. The number of hydrogen-bond acceptors (Lipinski definition) is 2. The lowest BCUT2D eigenvalue weighted by atomic mass is 9.90. The Hall–Kier alpha value is -1.12. The molecule has 1 aromatic carbocycles. The molecule has 2 aromatic rings. The molecule has 3 rings (SSSR count). The second-order valence-corrected chi connectivity index (χ2v) is 4.93. The van der Waals surface area contributed by atoms with Crippen molar-refractivity contribution in [2.24, 2.45) is 5.92 Å². The molecule has 1 N–H and O–H groups in total. The predicted molar refractivity (Wildman–Crippen MR) is 78.3 cm³/mol. The molecule has 96 valence electrons. The summed E-state index contributed by atoms with van der Waals surface area (Å²) in [4.78, 5) is 4.36. The zero-order valence-electron chi connectivity index (χ0n) is 10.4. The van der Waals surface area contributed by atoms with Gasteiger partial charge in [-0.2, -0.15) is 0 Å². The van der Waals surface area contributed by atoms with Gasteiger partial charge in [0.05, 0.1) is 5.52 Å². The number of halogens is 1. The summed E-state index contributed by atoms with van der Waals surface area (Å²) >= 11 is 0. The number of pyridine rings is 1. The number of aromatic nitrogens is 1. The number of fused-ring (bicyclic) bond motifs is 1. The van der Waals surface area contributed by atoms with E-state index < -0.39 is 0 Å². The lowest BCUT2D eigenvalue weighted by Crippen LogP contribution is -2.28. The first-order chi connectivity index (χ1) is 8.42. The van der Waals surface area contributed by atoms with Crippen LogP contribution in [0.3, 0.4) is 0 Å². The highest BCUT2D eigenvalue weighted by Gasteiger charge is 2.13. The molecule has 0 unspecified atom stereocenters. The summed E-state index contributed by atoms with van der Waals surface area (Å²) in [5.41, 5.74) is 2.55. The van der Waals surface area contributed by atoms with Crippen molar-refractivity contribution in [3.05, 3.63) is 42.1 Å². The van der Waals surface area contributed by atoms with Gasteiger partial charge in [0.2, 0.25) is 0 Å². The van der Waals surface area contributed by atoms with Crippen LogP contribution in [-0.4, -0.2) is 18.1 Å². The maximum absolute atomic E-state index is 4.36. The molecule has 18 heavy (non-hydrogen) atoms. The van der Waals surface area contributed by atoms with Crippen molar-refractivity contribution < 1.29 is 0 Å². The summed E-state index contributed by atoms with van der Waals surface area (Å²) < 4.78 is 0. The fourth-order valence-corrected chi connectivity index (χ4v) is 2.67. The molecule has 0 saturated carbocycles. The number of nitrogens with zero attached hydrogens (tertiary/aromatic N) is 1. The monoisotopic (exact) mass is 262 g/mol. The zero-order chi connectivity index (χ0) is 11.5. The Morgan fingerprint density at radius 2 is 2.00 bits per heavy atom. The van der Waals surface area contributed by atoms with Crippen LogP contribution in [0.5, 0.6) is 0 Å². The van der Waals surface area contributed by atoms with Crippen molar-refractivity contribution in [2.75, 3.05) is 13.1 Å². The Bertz CT molecular complexity index is 507. The summed E-state index contributed by atoms with van der Waals surface area (Å²) in [5, 5.41) is 4.68. The third-order valence-electron chi connectivity index (χ3n) is 3.65. The highest BCUT2D eigenvalue weighted by Crippen LogP contribution is 2.20. The normalized spacial score (nSPS) is 16.4. The van der Waals surface area contributed by atoms with E-state index in [9.17, 15) is 0 Å². The smallest absolute Gasteiger partial charge is 0.0702 e. The maximum Gasteiger partial charge on any atom is 0.0702 e. The number of nitrogens with one attached hydrogen (secondary N) is 1. The number of benzene rings is 1. The molecule has 1 aliphatic heterocycles. The SMILES string of the molecule is Cl.c1cnc2ccc(CC3CCNCC3)cc2c1. The Morgan fingerprint density at radius 3 is 2.83 bits per heavy atom. The van der Waals surface area contributed by atoms with Gasteiger partial charge in [0.15, 0.2) is 0 Å². The van der Waals surface area contributed by atoms with Crippen LogP contribution in [-0.2, 0) is 6.42 Å². The van der Waals surface area contributed by atoms with Crippen LogP contribution >= 0.6 is 12.4 Å². The van der Waals surface area contributed by atoms with E-state index in [-0.39, 0.29) is 12.4 Å². The molecular formula is C15H19ClN2. The van der Waals surface area contributed by atoms with Gasteiger partial charge in [-0.25, -0.2) is 0 Å². The predicted octanol–water partition coefficient (Wildman–Crippen LogP) is 3.20. The van der Waals surface area contributed by atoms with Gasteiger partial charge in [0.1, 0.15) is 0 Å². The molecule has 0 spiro atoms. The fourth-order valence-electron chi connectivity index (χ4n) is 2.67. The minimum absolute atomic E-state index is 0. The van der Waals surface area contributed by atoms with Gasteiger partial charge in [-0.1, -0.05) is 12.1 Å². The quantitative estimate of drug-likeness (QED) is 0.899. The van der Waals surface area contributed by atoms with E-state index in [1.807, 2.05) is 12.3 Å². The third-order valence-corrected chi connectivity index (χ3v) is 3.65. The molecule has 2 heterocycles. The Morgan fingerprint density at radius 1 is 1.17 bits per heavy atom. The van der Waals surface area contributed by atoms with Gasteiger partial charge < -0.3 is 5.32 Å². The first kappa shape index (κ1) is 13.3. The van der Waals surface area contributed by atoms with Crippen molar-refractivity contribution in [3.63, 3.8) is 0 Å². The zero-order valence-corrected chi connectivity index (χ0v) is 11.2. The summed E-state index contributed by atoms with van der Waals surface area (Å²) in [6.07, 6.45) is 5.69. The molecule has 1 saturated heterocycles. The molecule has 3 heteroatoms. The summed E-state index contributed by atoms with van der Waals surface area (Å²) in [6, 6.07) is 10.8. The fraction of sp³-hybridized carbons (Fsp3) is 0.400. The molecule has 1 aliphatic rings. The van der Waals surface area contributed by atoms with Gasteiger partial charge in [-0.05, 0) is 62.0 Å². The van der Waals surface area contributed by atoms with Gasteiger partial charge >= 0.3 is 0 Å². The van der Waals surface area contributed by atoms with Gasteiger partial charge in [-0.15, -0.1) is 12.4 Å². The van der Waals surface area contributed by atoms with Crippen molar-refractivity contribution in [2.45, 2.75) is 19.3 Å². The molecule has 0 bridgehead atoms. The van der Waals surface area contributed by atoms with Gasteiger partial charge in [0, 0.05) is 11.6 Å². The maximum atomic E-state index is 4.36. The average Bonchev–Trinajstić information content (AvgIpc) is 2.40. The number of piperidine rings is 1. The topological polar surface area (TPSA) is 24.9 Å². The Balaban J connectivity index is 0.00000120. The molecule has 0 radical (unpaired) electrons. The lowest BCUT2D eigenvalue weighted by molar-refractivity contribution is 0.373. The van der Waals surface area contributed by atoms with Crippen LogP contribution in [0.4, 0.5) is 0 Å². The number of hydrogen-bond donors (Lipinski definition) is 1. The van der Waals surface area contributed by atoms with E-state index in [0.717, 1.165) is 11.4 Å². The van der Waals surface area contributed by atoms with Crippen molar-refractivity contribution in [1.82, 2.24) is 10.3 Å². The van der Waals surface area contributed by atoms with Gasteiger partial charge in [0.25, 0.3) is 0 Å². The largest absolute Gasteiger partial charge is 0.317 e. The molecule has 2 nitrogen and oxygen atoms in total. The molecule has 1 fully saturated rings. The van der Waals surface area contributed by atoms with Crippen LogP contribution < -0.4 is 5.32 Å². The highest BCUT2D eigenvalue weighted by atomic mass is 35.5. The first-order valence-corrected chi connectivity index (χ1v) is 6.46. The summed E-state index contributed by atoms with van der Waals surface area (Å²) in [5.74, 6) is 0.852. The van der Waals surface area contributed by atoms with Crippen LogP contribution in [0.2, 0.25) is 0 Å². The average molecular weight is 263 g/mol. The molecule has 0 atom stereocenters. The van der Waals surface area contributed by atoms with Crippen molar-refractivity contribution in [3.8, 4) is 0 Å². The van der Waals surface area contributed by atoms with Crippen LogP contribution in [0, 0.1) is 5.92 Å². The van der Waals surface area contributed by atoms with E-state index in [1.165, 1.54) is 43.3 Å².